The van der Waals surface area contributed by atoms with Gasteiger partial charge in [0.05, 0.1) is 13.2 Å². The van der Waals surface area contributed by atoms with E-state index in [0.717, 1.165) is 0 Å². The van der Waals surface area contributed by atoms with Crippen molar-refractivity contribution in [3.8, 4) is 0 Å². The van der Waals surface area contributed by atoms with Crippen molar-refractivity contribution in [2.24, 2.45) is 0 Å². The second-order valence-corrected chi connectivity index (χ2v) is 3.98. The molecule has 1 saturated heterocycles. The summed E-state index contributed by atoms with van der Waals surface area (Å²) in [7, 11) is 2.93. The summed E-state index contributed by atoms with van der Waals surface area (Å²) in [5.41, 5.74) is 0. The molecule has 0 aromatic carbocycles. The van der Waals surface area contributed by atoms with Crippen LogP contribution < -0.4 is 0 Å². The predicted molar refractivity (Wildman–Crippen MR) is 54.7 cm³/mol. The number of rotatable bonds is 4. The summed E-state index contributed by atoms with van der Waals surface area (Å²) in [6.07, 6.45) is -1.28. The Balaban J connectivity index is 2.94. The zero-order valence-corrected chi connectivity index (χ0v) is 10.1. The Bertz CT molecular complexity index is 211. The average Bonchev–Trinajstić information content (AvgIpc) is 2.31. The number of aliphatic hydroxyl groups is 2. The lowest BCUT2D eigenvalue weighted by Crippen LogP contribution is -2.66. The van der Waals surface area contributed by atoms with Gasteiger partial charge in [-0.3, -0.25) is 0 Å². The first-order chi connectivity index (χ1) is 7.46. The molecule has 2 N–H and O–H groups in total. The van der Waals surface area contributed by atoms with Crippen molar-refractivity contribution >= 4 is 0 Å². The summed E-state index contributed by atoms with van der Waals surface area (Å²) in [5.74, 6) is -2.28. The van der Waals surface area contributed by atoms with Crippen LogP contribution in [0.5, 0.6) is 0 Å². The van der Waals surface area contributed by atoms with Crippen LogP contribution in [0.15, 0.2) is 0 Å². The number of hydrogen-bond donors (Lipinski definition) is 2. The van der Waals surface area contributed by atoms with E-state index in [1.807, 2.05) is 0 Å². The molecule has 0 spiro atoms. The molecular formula is C10H20O6. The maximum atomic E-state index is 9.15. The van der Waals surface area contributed by atoms with Crippen molar-refractivity contribution < 1.29 is 29.2 Å². The van der Waals surface area contributed by atoms with E-state index in [1.54, 1.807) is 13.8 Å². The summed E-state index contributed by atoms with van der Waals surface area (Å²) in [4.78, 5) is 0. The highest BCUT2D eigenvalue weighted by Crippen LogP contribution is 2.38. The number of aliphatic hydroxyl groups excluding tert-OH is 2. The zero-order valence-electron chi connectivity index (χ0n) is 10.1. The Morgan fingerprint density at radius 3 is 1.44 bits per heavy atom. The van der Waals surface area contributed by atoms with Crippen LogP contribution in [0, 0.1) is 0 Å². The van der Waals surface area contributed by atoms with Gasteiger partial charge in [-0.25, -0.2) is 0 Å². The molecule has 1 aliphatic rings. The lowest BCUT2D eigenvalue weighted by Gasteiger charge is -2.51. The normalized spacial score (nSPS) is 44.6. The van der Waals surface area contributed by atoms with E-state index in [4.69, 9.17) is 29.2 Å². The van der Waals surface area contributed by atoms with Crippen molar-refractivity contribution in [1.82, 2.24) is 0 Å². The van der Waals surface area contributed by atoms with Gasteiger partial charge in [-0.05, 0) is 13.8 Å². The third kappa shape index (κ3) is 2.09. The third-order valence-electron chi connectivity index (χ3n) is 3.13. The van der Waals surface area contributed by atoms with Crippen LogP contribution in [0.2, 0.25) is 0 Å². The maximum absolute atomic E-state index is 9.15. The highest BCUT2D eigenvalue weighted by atomic mass is 16.8. The summed E-state index contributed by atoms with van der Waals surface area (Å²) in [5, 5.41) is 18.3. The number of ether oxygens (including phenoxy) is 4. The van der Waals surface area contributed by atoms with Crippen molar-refractivity contribution in [2.75, 3.05) is 27.4 Å². The first kappa shape index (κ1) is 13.8. The van der Waals surface area contributed by atoms with Crippen LogP contribution in [0.3, 0.4) is 0 Å². The Kier molecular flexibility index (Phi) is 4.28. The molecule has 1 fully saturated rings. The van der Waals surface area contributed by atoms with Crippen LogP contribution in [-0.4, -0.2) is 61.4 Å². The van der Waals surface area contributed by atoms with Crippen LogP contribution in [0.25, 0.3) is 0 Å². The van der Waals surface area contributed by atoms with Gasteiger partial charge < -0.3 is 29.2 Å². The monoisotopic (exact) mass is 236 g/mol. The second-order valence-electron chi connectivity index (χ2n) is 3.98. The molecule has 0 aliphatic carbocycles. The number of methoxy groups -OCH3 is 2. The average molecular weight is 236 g/mol. The molecule has 1 rings (SSSR count). The molecule has 0 amide bonds. The lowest BCUT2D eigenvalue weighted by atomic mass is 10.0. The molecule has 0 aromatic rings. The minimum Gasteiger partial charge on any atom is -0.394 e. The van der Waals surface area contributed by atoms with Crippen LogP contribution in [-0.2, 0) is 18.9 Å². The molecule has 6 heteroatoms. The molecule has 1 aliphatic heterocycles. The highest BCUT2D eigenvalue weighted by Gasteiger charge is 2.56. The molecule has 1 heterocycles. The fraction of sp³-hybridized carbons (Fsp3) is 1.00. The lowest BCUT2D eigenvalue weighted by molar-refractivity contribution is -0.451. The van der Waals surface area contributed by atoms with E-state index in [9.17, 15) is 0 Å². The first-order valence-corrected chi connectivity index (χ1v) is 5.14. The van der Waals surface area contributed by atoms with Gasteiger partial charge in [-0.1, -0.05) is 0 Å². The third-order valence-corrected chi connectivity index (χ3v) is 3.13. The molecule has 96 valence electrons. The maximum Gasteiger partial charge on any atom is 0.220 e. The molecule has 16 heavy (non-hydrogen) atoms. The second kappa shape index (κ2) is 4.95. The molecule has 0 aromatic heterocycles. The smallest absolute Gasteiger partial charge is 0.220 e. The number of hydrogen-bond acceptors (Lipinski definition) is 6. The van der Waals surface area contributed by atoms with Crippen molar-refractivity contribution in [2.45, 2.75) is 37.6 Å². The van der Waals surface area contributed by atoms with E-state index in [1.165, 1.54) is 14.2 Å². The molecule has 6 nitrogen and oxygen atoms in total. The topological polar surface area (TPSA) is 77.4 Å². The highest BCUT2D eigenvalue weighted by molar-refractivity contribution is 4.90. The van der Waals surface area contributed by atoms with Crippen LogP contribution in [0.4, 0.5) is 0 Å². The van der Waals surface area contributed by atoms with Crippen LogP contribution >= 0.6 is 0 Å². The van der Waals surface area contributed by atoms with E-state index in [2.05, 4.69) is 0 Å². The fourth-order valence-electron chi connectivity index (χ4n) is 1.72. The summed E-state index contributed by atoms with van der Waals surface area (Å²) in [6, 6.07) is 0. The summed E-state index contributed by atoms with van der Waals surface area (Å²) < 4.78 is 21.7. The van der Waals surface area contributed by atoms with Gasteiger partial charge in [0.15, 0.2) is 0 Å². The zero-order chi connectivity index (χ0) is 12.4. The first-order valence-electron chi connectivity index (χ1n) is 5.14. The Labute approximate surface area is 95.1 Å². The molecule has 0 unspecified atom stereocenters. The molecule has 0 saturated carbocycles. The quantitative estimate of drug-likeness (QED) is 0.684. The largest absolute Gasteiger partial charge is 0.394 e. The minimum absolute atomic E-state index is 0.260. The Hall–Kier alpha value is -0.240. The van der Waals surface area contributed by atoms with Gasteiger partial charge in [0.25, 0.3) is 0 Å². The molecular weight excluding hydrogens is 216 g/mol. The Morgan fingerprint density at radius 1 is 0.938 bits per heavy atom. The minimum atomic E-state index is -1.14. The van der Waals surface area contributed by atoms with Gasteiger partial charge >= 0.3 is 0 Å². The van der Waals surface area contributed by atoms with Gasteiger partial charge in [-0.15, -0.1) is 0 Å². The van der Waals surface area contributed by atoms with Crippen LogP contribution in [0.1, 0.15) is 13.8 Å². The van der Waals surface area contributed by atoms with Crippen molar-refractivity contribution in [3.63, 3.8) is 0 Å². The molecule has 4 atom stereocenters. The SMILES string of the molecule is CO[C@@]1(C)O[C@@H](CO)[C@H](CO)O[C@]1(C)OC. The molecule has 0 bridgehead atoms. The van der Waals surface area contributed by atoms with Crippen molar-refractivity contribution in [3.05, 3.63) is 0 Å². The van der Waals surface area contributed by atoms with E-state index < -0.39 is 23.8 Å². The van der Waals surface area contributed by atoms with Gasteiger partial charge in [-0.2, -0.15) is 0 Å². The van der Waals surface area contributed by atoms with E-state index >= 15 is 0 Å². The standard InChI is InChI=1S/C10H20O6/c1-9(13-3)10(2,14-4)16-8(6-12)7(5-11)15-9/h7-8,11-12H,5-6H2,1-4H3/t7-,8-,9-,10-/m0/s1. The van der Waals surface area contributed by atoms with E-state index in [-0.39, 0.29) is 13.2 Å². The van der Waals surface area contributed by atoms with Gasteiger partial charge in [0, 0.05) is 14.2 Å². The van der Waals surface area contributed by atoms with Gasteiger partial charge in [0.2, 0.25) is 11.6 Å². The van der Waals surface area contributed by atoms with Gasteiger partial charge in [0.1, 0.15) is 12.2 Å². The van der Waals surface area contributed by atoms with Crippen molar-refractivity contribution in [1.29, 1.82) is 0 Å². The molecule has 0 radical (unpaired) electrons. The summed E-state index contributed by atoms with van der Waals surface area (Å²) >= 11 is 0. The van der Waals surface area contributed by atoms with E-state index in [0.29, 0.717) is 0 Å². The predicted octanol–water partition coefficient (Wildman–Crippen LogP) is -0.520. The fourth-order valence-corrected chi connectivity index (χ4v) is 1.72. The summed E-state index contributed by atoms with van der Waals surface area (Å²) in [6.45, 7) is 2.80. The Morgan fingerprint density at radius 2 is 1.25 bits per heavy atom.